The number of hydrogen-bond acceptors (Lipinski definition) is 8. The van der Waals surface area contributed by atoms with Gasteiger partial charge in [0.15, 0.2) is 9.84 Å². The molecule has 1 fully saturated rings. The maximum atomic E-state index is 13.6. The SMILES string of the molecule is C=C(C)OC(=O)Oc1ccc(C2(C)C(=O)N(c3ccc(C#N)c(C(F)(F)F)c3)C(=O)N2CS(C)(=O)=O)cc1. The quantitative estimate of drug-likeness (QED) is 0.224. The summed E-state index contributed by atoms with van der Waals surface area (Å²) in [6.07, 6.45) is -5.24. The van der Waals surface area contributed by atoms with Gasteiger partial charge < -0.3 is 9.47 Å². The predicted octanol–water partition coefficient (Wildman–Crippen LogP) is 4.31. The summed E-state index contributed by atoms with van der Waals surface area (Å²) in [6.45, 7) is 6.05. The second-order valence-corrected chi connectivity index (χ2v) is 10.6. The lowest BCUT2D eigenvalue weighted by molar-refractivity contribution is -0.137. The van der Waals surface area contributed by atoms with Crippen molar-refractivity contribution in [3.8, 4) is 11.8 Å². The molecule has 0 spiro atoms. The fraction of sp³-hybridized carbons (Fsp3) is 0.250. The van der Waals surface area contributed by atoms with Crippen molar-refractivity contribution in [3.05, 3.63) is 71.5 Å². The molecule has 1 heterocycles. The molecule has 0 bridgehead atoms. The summed E-state index contributed by atoms with van der Waals surface area (Å²) < 4.78 is 74.5. The highest BCUT2D eigenvalue weighted by molar-refractivity contribution is 7.90. The minimum Gasteiger partial charge on any atom is -0.400 e. The monoisotopic (exact) mass is 551 g/mol. The Balaban J connectivity index is 2.10. The topological polar surface area (TPSA) is 134 Å². The number of amides is 3. The lowest BCUT2D eigenvalue weighted by Gasteiger charge is -2.31. The summed E-state index contributed by atoms with van der Waals surface area (Å²) in [4.78, 5) is 39.8. The van der Waals surface area contributed by atoms with Crippen LogP contribution in [0.4, 0.5) is 28.4 Å². The molecule has 3 amide bonds. The molecule has 14 heteroatoms. The Kier molecular flexibility index (Phi) is 7.29. The standard InChI is InChI=1S/C24H20F3N3O7S/c1-14(2)36-22(33)37-18-9-6-16(7-10-18)23(3)20(31)30(21(32)29(23)13-38(4,34)35)17-8-5-15(12-28)19(11-17)24(25,26)27/h5-11H,1,13H2,2-4H3. The van der Waals surface area contributed by atoms with Crippen LogP contribution in [0.1, 0.15) is 30.5 Å². The van der Waals surface area contributed by atoms with Crippen molar-refractivity contribution >= 4 is 33.6 Å². The van der Waals surface area contributed by atoms with Crippen molar-refractivity contribution in [1.29, 1.82) is 5.26 Å². The molecule has 2 aromatic rings. The molecular formula is C24H20F3N3O7S. The molecule has 200 valence electrons. The van der Waals surface area contributed by atoms with Crippen LogP contribution >= 0.6 is 0 Å². The van der Waals surface area contributed by atoms with Gasteiger partial charge in [0.05, 0.1) is 22.9 Å². The van der Waals surface area contributed by atoms with E-state index in [0.717, 1.165) is 18.4 Å². The average Bonchev–Trinajstić information content (AvgIpc) is 2.98. The van der Waals surface area contributed by atoms with Crippen molar-refractivity contribution in [2.24, 2.45) is 0 Å². The van der Waals surface area contributed by atoms with Crippen LogP contribution in [0.25, 0.3) is 0 Å². The van der Waals surface area contributed by atoms with E-state index >= 15 is 0 Å². The largest absolute Gasteiger partial charge is 0.519 e. The highest BCUT2D eigenvalue weighted by Gasteiger charge is 2.57. The molecule has 1 aliphatic rings. The van der Waals surface area contributed by atoms with Gasteiger partial charge in [-0.2, -0.15) is 18.4 Å². The molecular weight excluding hydrogens is 531 g/mol. The third-order valence-corrected chi connectivity index (χ3v) is 6.23. The molecule has 0 aliphatic carbocycles. The summed E-state index contributed by atoms with van der Waals surface area (Å²) in [7, 11) is -3.92. The Bertz CT molecular complexity index is 1480. The number of benzene rings is 2. The number of sulfone groups is 1. The van der Waals surface area contributed by atoms with Gasteiger partial charge in [0.2, 0.25) is 0 Å². The van der Waals surface area contributed by atoms with Gasteiger partial charge in [-0.15, -0.1) is 0 Å². The number of imide groups is 1. The smallest absolute Gasteiger partial charge is 0.400 e. The number of halogens is 3. The second-order valence-electron chi connectivity index (χ2n) is 8.50. The van der Waals surface area contributed by atoms with Crippen LogP contribution in [0.3, 0.4) is 0 Å². The summed E-state index contributed by atoms with van der Waals surface area (Å²) in [5.41, 5.74) is -4.51. The van der Waals surface area contributed by atoms with E-state index in [1.54, 1.807) is 0 Å². The minimum atomic E-state index is -4.97. The third kappa shape index (κ3) is 5.47. The van der Waals surface area contributed by atoms with Crippen LogP contribution in [0.5, 0.6) is 5.75 Å². The number of carbonyl (C=O) groups excluding carboxylic acids is 3. The van der Waals surface area contributed by atoms with Crippen molar-refractivity contribution in [2.45, 2.75) is 25.6 Å². The van der Waals surface area contributed by atoms with Gasteiger partial charge in [-0.3, -0.25) is 9.69 Å². The van der Waals surface area contributed by atoms with Crippen LogP contribution in [0, 0.1) is 11.3 Å². The molecule has 1 atom stereocenters. The molecule has 10 nitrogen and oxygen atoms in total. The predicted molar refractivity (Wildman–Crippen MR) is 126 cm³/mol. The number of carbonyl (C=O) groups is 3. The molecule has 0 aromatic heterocycles. The molecule has 3 rings (SSSR count). The van der Waals surface area contributed by atoms with Gasteiger partial charge in [0.25, 0.3) is 5.91 Å². The molecule has 0 saturated carbocycles. The zero-order valence-electron chi connectivity index (χ0n) is 20.2. The zero-order valence-corrected chi connectivity index (χ0v) is 21.0. The minimum absolute atomic E-state index is 0.0196. The first kappa shape index (κ1) is 28.2. The summed E-state index contributed by atoms with van der Waals surface area (Å²) in [5.74, 6) is -1.92. The first-order valence-electron chi connectivity index (χ1n) is 10.6. The first-order chi connectivity index (χ1) is 17.5. The maximum Gasteiger partial charge on any atom is 0.519 e. The number of allylic oxidation sites excluding steroid dienone is 1. The fourth-order valence-electron chi connectivity index (χ4n) is 3.77. The van der Waals surface area contributed by atoms with Crippen LogP contribution in [-0.2, 0) is 31.1 Å². The van der Waals surface area contributed by atoms with Crippen LogP contribution in [-0.4, -0.2) is 43.5 Å². The lowest BCUT2D eigenvalue weighted by atomic mass is 9.90. The highest BCUT2D eigenvalue weighted by Crippen LogP contribution is 2.42. The number of nitrogens with zero attached hydrogens (tertiary/aromatic N) is 3. The number of nitriles is 1. The van der Waals surface area contributed by atoms with E-state index in [4.69, 9.17) is 10.00 Å². The molecule has 38 heavy (non-hydrogen) atoms. The third-order valence-electron chi connectivity index (χ3n) is 5.51. The number of urea groups is 1. The molecule has 1 unspecified atom stereocenters. The Labute approximate surface area is 215 Å². The van der Waals surface area contributed by atoms with Gasteiger partial charge in [0.1, 0.15) is 22.9 Å². The van der Waals surface area contributed by atoms with E-state index in [-0.39, 0.29) is 17.1 Å². The Morgan fingerprint density at radius 2 is 1.76 bits per heavy atom. The number of rotatable bonds is 6. The maximum absolute atomic E-state index is 13.6. The molecule has 1 aliphatic heterocycles. The van der Waals surface area contributed by atoms with E-state index in [1.165, 1.54) is 44.2 Å². The van der Waals surface area contributed by atoms with Gasteiger partial charge in [-0.25, -0.2) is 22.9 Å². The van der Waals surface area contributed by atoms with Crippen molar-refractivity contribution in [3.63, 3.8) is 0 Å². The highest BCUT2D eigenvalue weighted by atomic mass is 32.2. The molecule has 1 saturated heterocycles. The normalized spacial score (nSPS) is 17.8. The van der Waals surface area contributed by atoms with Crippen molar-refractivity contribution in [1.82, 2.24) is 4.90 Å². The van der Waals surface area contributed by atoms with Crippen molar-refractivity contribution in [2.75, 3.05) is 17.0 Å². The van der Waals surface area contributed by atoms with Crippen LogP contribution < -0.4 is 9.64 Å². The van der Waals surface area contributed by atoms with Gasteiger partial charge in [-0.1, -0.05) is 18.7 Å². The average molecular weight is 551 g/mol. The van der Waals surface area contributed by atoms with E-state index in [2.05, 4.69) is 11.3 Å². The Hall–Kier alpha value is -4.38. The zero-order chi connectivity index (χ0) is 28.6. The number of ether oxygens (including phenoxy) is 2. The lowest BCUT2D eigenvalue weighted by Crippen LogP contribution is -2.46. The van der Waals surface area contributed by atoms with Crippen molar-refractivity contribution < 1.29 is 45.4 Å². The van der Waals surface area contributed by atoms with Crippen LogP contribution in [0.15, 0.2) is 54.8 Å². The summed E-state index contributed by atoms with van der Waals surface area (Å²) >= 11 is 0. The molecule has 2 aromatic carbocycles. The van der Waals surface area contributed by atoms with Gasteiger partial charge >= 0.3 is 18.4 Å². The number of hydrogen-bond donors (Lipinski definition) is 0. The molecule has 0 N–H and O–H groups in total. The van der Waals surface area contributed by atoms with Gasteiger partial charge in [0, 0.05) is 6.26 Å². The number of alkyl halides is 3. The van der Waals surface area contributed by atoms with E-state index in [9.17, 15) is 36.0 Å². The van der Waals surface area contributed by atoms with Crippen LogP contribution in [0.2, 0.25) is 0 Å². The van der Waals surface area contributed by atoms with E-state index in [1.807, 2.05) is 0 Å². The number of anilines is 1. The Morgan fingerprint density at radius 3 is 2.26 bits per heavy atom. The second kappa shape index (κ2) is 9.82. The Morgan fingerprint density at radius 1 is 1.16 bits per heavy atom. The summed E-state index contributed by atoms with van der Waals surface area (Å²) in [6, 6.07) is 7.56. The van der Waals surface area contributed by atoms with E-state index in [0.29, 0.717) is 15.9 Å². The first-order valence-corrected chi connectivity index (χ1v) is 12.7. The summed E-state index contributed by atoms with van der Waals surface area (Å²) in [5, 5.41) is 9.05. The molecule has 0 radical (unpaired) electrons. The van der Waals surface area contributed by atoms with Gasteiger partial charge in [-0.05, 0) is 49.7 Å². The van der Waals surface area contributed by atoms with E-state index < -0.39 is 62.3 Å². The fourth-order valence-corrected chi connectivity index (χ4v) is 4.61.